The van der Waals surface area contributed by atoms with Crippen molar-refractivity contribution in [2.75, 3.05) is 13.1 Å². The van der Waals surface area contributed by atoms with Crippen LogP contribution >= 0.6 is 32.2 Å². The van der Waals surface area contributed by atoms with Crippen LogP contribution in [-0.2, 0) is 20.2 Å². The number of ether oxygens (including phenoxy) is 1. The Hall–Kier alpha value is -2.64. The number of fused-ring (bicyclic) bond motifs is 1. The van der Waals surface area contributed by atoms with Gasteiger partial charge < -0.3 is 9.30 Å². The molecule has 174 valence electrons. The summed E-state index contributed by atoms with van der Waals surface area (Å²) in [6.45, 7) is 2.87. The number of aryl methyl sites for hydroxylation is 1. The number of hydrogen-bond donors (Lipinski definition) is 0. The molecule has 1 atom stereocenters. The van der Waals surface area contributed by atoms with Crippen LogP contribution < -0.4 is 10.0 Å². The van der Waals surface area contributed by atoms with E-state index in [9.17, 15) is 4.79 Å². The molecule has 34 heavy (non-hydrogen) atoms. The van der Waals surface area contributed by atoms with E-state index in [0.29, 0.717) is 22.4 Å². The van der Waals surface area contributed by atoms with Gasteiger partial charge in [-0.15, -0.1) is 20.6 Å². The zero-order valence-corrected chi connectivity index (χ0v) is 21.3. The molecule has 0 N–H and O–H groups in total. The highest BCUT2D eigenvalue weighted by atomic mass is 35.5. The molecule has 0 radical (unpaired) electrons. The van der Waals surface area contributed by atoms with E-state index < -0.39 is 0 Å². The average Bonchev–Trinajstić information content (AvgIpc) is 3.38. The summed E-state index contributed by atoms with van der Waals surface area (Å²) in [6, 6.07) is 7.60. The van der Waals surface area contributed by atoms with Gasteiger partial charge in [0.15, 0.2) is 6.29 Å². The predicted molar refractivity (Wildman–Crippen MR) is 139 cm³/mol. The second-order valence-electron chi connectivity index (χ2n) is 8.13. The Morgan fingerprint density at radius 1 is 1.26 bits per heavy atom. The van der Waals surface area contributed by atoms with Gasteiger partial charge in [-0.3, -0.25) is 14.7 Å². The molecule has 0 fully saturated rings. The fourth-order valence-corrected chi connectivity index (χ4v) is 5.49. The van der Waals surface area contributed by atoms with Crippen molar-refractivity contribution >= 4 is 59.7 Å². The highest BCUT2D eigenvalue weighted by molar-refractivity contribution is 7.27. The van der Waals surface area contributed by atoms with Crippen LogP contribution in [0.15, 0.2) is 42.7 Å². The first-order chi connectivity index (χ1) is 16.5. The first-order valence-corrected chi connectivity index (χ1v) is 12.6. The van der Waals surface area contributed by atoms with E-state index in [-0.39, 0.29) is 0 Å². The lowest BCUT2D eigenvalue weighted by atomic mass is 10.1. The monoisotopic (exact) mass is 511 g/mol. The topological polar surface area (TPSA) is 73.1 Å². The van der Waals surface area contributed by atoms with Crippen LogP contribution in [0.2, 0.25) is 5.02 Å². The number of carbonyl (C=O) groups excluding carboxylic acids is 1. The zero-order chi connectivity index (χ0) is 23.7. The van der Waals surface area contributed by atoms with E-state index in [1.54, 1.807) is 12.4 Å². The molecule has 0 bridgehead atoms. The Morgan fingerprint density at radius 3 is 2.88 bits per heavy atom. The molecule has 1 aliphatic heterocycles. The standard InChI is InChI=1S/C24H23ClN5O2PS/c1-29-20-9-18(13-31)34-24(20)28-22(29)12-30-6-4-15(5-7-30)19-10-26-11-23(27-19)32-14-16-2-3-17(25)8-21(16)33/h2-4,8-11,13H,5-7,12,14,33H2,1H3. The van der Waals surface area contributed by atoms with Gasteiger partial charge in [0.2, 0.25) is 5.88 Å². The maximum atomic E-state index is 11.0. The van der Waals surface area contributed by atoms with Crippen LogP contribution in [0.4, 0.5) is 0 Å². The number of benzene rings is 1. The third-order valence-corrected chi connectivity index (χ3v) is 7.61. The van der Waals surface area contributed by atoms with Crippen molar-refractivity contribution < 1.29 is 9.53 Å². The molecule has 0 spiro atoms. The molecule has 1 aliphatic rings. The van der Waals surface area contributed by atoms with E-state index in [1.165, 1.54) is 16.9 Å². The minimum absolute atomic E-state index is 0.399. The highest BCUT2D eigenvalue weighted by Crippen LogP contribution is 2.27. The van der Waals surface area contributed by atoms with Gasteiger partial charge in [0.25, 0.3) is 0 Å². The third kappa shape index (κ3) is 4.91. The lowest BCUT2D eigenvalue weighted by Crippen LogP contribution is -2.29. The largest absolute Gasteiger partial charge is 0.472 e. The zero-order valence-electron chi connectivity index (χ0n) is 18.6. The van der Waals surface area contributed by atoms with Gasteiger partial charge in [0.1, 0.15) is 17.3 Å². The van der Waals surface area contributed by atoms with Gasteiger partial charge in [-0.25, -0.2) is 9.97 Å². The van der Waals surface area contributed by atoms with Crippen molar-refractivity contribution in [1.82, 2.24) is 24.4 Å². The molecule has 1 unspecified atom stereocenters. The van der Waals surface area contributed by atoms with Crippen LogP contribution in [0.1, 0.15) is 33.2 Å². The molecule has 1 aromatic carbocycles. The van der Waals surface area contributed by atoms with E-state index in [4.69, 9.17) is 21.3 Å². The van der Waals surface area contributed by atoms with Crippen LogP contribution in [0, 0.1) is 0 Å². The molecule has 4 aromatic rings. The Balaban J connectivity index is 1.23. The van der Waals surface area contributed by atoms with E-state index in [0.717, 1.165) is 65.1 Å². The molecule has 0 amide bonds. The molecule has 10 heteroatoms. The number of hydrogen-bond acceptors (Lipinski definition) is 7. The number of thiophene rings is 1. The van der Waals surface area contributed by atoms with Crippen molar-refractivity contribution in [1.29, 1.82) is 0 Å². The van der Waals surface area contributed by atoms with Crippen LogP contribution in [0.5, 0.6) is 5.88 Å². The summed E-state index contributed by atoms with van der Waals surface area (Å²) in [5.74, 6) is 1.50. The molecular weight excluding hydrogens is 489 g/mol. The Bertz CT molecular complexity index is 1400. The Labute approximate surface area is 208 Å². The Morgan fingerprint density at radius 2 is 2.15 bits per heavy atom. The van der Waals surface area contributed by atoms with Gasteiger partial charge in [0.05, 0.1) is 35.0 Å². The van der Waals surface area contributed by atoms with Crippen molar-refractivity contribution in [2.45, 2.75) is 19.6 Å². The lowest BCUT2D eigenvalue weighted by molar-refractivity contribution is 0.112. The summed E-state index contributed by atoms with van der Waals surface area (Å²) in [4.78, 5) is 28.7. The SMILES string of the molecule is Cn1c(CN2CC=C(c3cncc(OCc4ccc(Cl)cc4P)n3)CC2)nc2sc(C=O)cc21. The van der Waals surface area contributed by atoms with Crippen molar-refractivity contribution in [2.24, 2.45) is 7.05 Å². The van der Waals surface area contributed by atoms with Gasteiger partial charge in [-0.2, -0.15) is 0 Å². The molecular formula is C24H23ClN5O2PS. The lowest BCUT2D eigenvalue weighted by Gasteiger charge is -2.25. The second-order valence-corrected chi connectivity index (χ2v) is 10.3. The molecule has 4 heterocycles. The van der Waals surface area contributed by atoms with Crippen molar-refractivity contribution in [3.05, 3.63) is 69.7 Å². The highest BCUT2D eigenvalue weighted by Gasteiger charge is 2.18. The fraction of sp³-hybridized carbons (Fsp3) is 0.250. The Kier molecular flexibility index (Phi) is 6.75. The molecule has 7 nitrogen and oxygen atoms in total. The predicted octanol–water partition coefficient (Wildman–Crippen LogP) is 4.26. The smallest absolute Gasteiger partial charge is 0.233 e. The number of rotatable bonds is 7. The van der Waals surface area contributed by atoms with Gasteiger partial charge in [-0.1, -0.05) is 23.7 Å². The number of carbonyl (C=O) groups is 1. The van der Waals surface area contributed by atoms with E-state index in [1.807, 2.05) is 31.3 Å². The second kappa shape index (κ2) is 9.92. The van der Waals surface area contributed by atoms with E-state index >= 15 is 0 Å². The molecule has 0 saturated heterocycles. The number of imidazole rings is 1. The first kappa shape index (κ1) is 23.1. The number of nitrogens with zero attached hydrogens (tertiary/aromatic N) is 5. The maximum absolute atomic E-state index is 11.0. The minimum atomic E-state index is 0.399. The van der Waals surface area contributed by atoms with Gasteiger partial charge in [0, 0.05) is 25.2 Å². The molecule has 0 aliphatic carbocycles. The quantitative estimate of drug-likeness (QED) is 0.273. The molecule has 5 rings (SSSR count). The van der Waals surface area contributed by atoms with Gasteiger partial charge >= 0.3 is 0 Å². The van der Waals surface area contributed by atoms with Gasteiger partial charge in [-0.05, 0) is 41.1 Å². The molecule has 0 saturated carbocycles. The fourth-order valence-electron chi connectivity index (χ4n) is 3.95. The van der Waals surface area contributed by atoms with Crippen molar-refractivity contribution in [3.63, 3.8) is 0 Å². The summed E-state index contributed by atoms with van der Waals surface area (Å²) in [5, 5.41) is 1.70. The number of halogens is 1. The van der Waals surface area contributed by atoms with Crippen LogP contribution in [0.3, 0.4) is 0 Å². The normalized spacial score (nSPS) is 14.4. The summed E-state index contributed by atoms with van der Waals surface area (Å²) in [6.07, 6.45) is 7.38. The minimum Gasteiger partial charge on any atom is -0.472 e. The first-order valence-electron chi connectivity index (χ1n) is 10.8. The summed E-state index contributed by atoms with van der Waals surface area (Å²) >= 11 is 7.46. The summed E-state index contributed by atoms with van der Waals surface area (Å²) < 4.78 is 7.97. The van der Waals surface area contributed by atoms with E-state index in [2.05, 4.69) is 34.8 Å². The maximum Gasteiger partial charge on any atom is 0.233 e. The molecule has 3 aromatic heterocycles. The summed E-state index contributed by atoms with van der Waals surface area (Å²) in [5.41, 5.74) is 4.06. The summed E-state index contributed by atoms with van der Waals surface area (Å²) in [7, 11) is 4.68. The van der Waals surface area contributed by atoms with Crippen LogP contribution in [0.25, 0.3) is 15.9 Å². The number of aldehydes is 1. The average molecular weight is 512 g/mol. The number of aromatic nitrogens is 4. The third-order valence-electron chi connectivity index (χ3n) is 5.89. The van der Waals surface area contributed by atoms with Crippen molar-refractivity contribution in [3.8, 4) is 5.88 Å². The van der Waals surface area contributed by atoms with Crippen LogP contribution in [-0.4, -0.2) is 43.8 Å².